The summed E-state index contributed by atoms with van der Waals surface area (Å²) in [7, 11) is 0. The lowest BCUT2D eigenvalue weighted by molar-refractivity contribution is -0.121. The maximum Gasteiger partial charge on any atom is 0.224 e. The van der Waals surface area contributed by atoms with E-state index in [1.807, 2.05) is 30.3 Å². The molecule has 0 saturated heterocycles. The molecule has 0 aliphatic heterocycles. The normalized spacial score (nSPS) is 10.3. The van der Waals surface area contributed by atoms with E-state index in [-0.39, 0.29) is 11.8 Å². The smallest absolute Gasteiger partial charge is 0.224 e. The van der Waals surface area contributed by atoms with E-state index in [0.717, 1.165) is 5.56 Å². The number of benzene rings is 2. The second-order valence-corrected chi connectivity index (χ2v) is 6.10. The summed E-state index contributed by atoms with van der Waals surface area (Å²) in [6, 6.07) is 14.5. The largest absolute Gasteiger partial charge is 0.354 e. The van der Waals surface area contributed by atoms with Crippen LogP contribution in [-0.2, 0) is 16.0 Å². The van der Waals surface area contributed by atoms with Crippen LogP contribution in [0.5, 0.6) is 0 Å². The van der Waals surface area contributed by atoms with Gasteiger partial charge in [0.2, 0.25) is 11.8 Å². The average Bonchev–Trinajstić information content (AvgIpc) is 2.55. The quantitative estimate of drug-likeness (QED) is 0.849. The van der Waals surface area contributed by atoms with Crippen molar-refractivity contribution in [3.8, 4) is 0 Å². The number of halogens is 2. The van der Waals surface area contributed by atoms with Gasteiger partial charge in [-0.15, -0.1) is 0 Å². The van der Waals surface area contributed by atoms with Crippen molar-refractivity contribution in [1.29, 1.82) is 0 Å². The SMILES string of the molecule is CC(=O)N(CCNC(=O)Cc1ccccc1)c1ccc(Cl)c(Cl)c1. The van der Waals surface area contributed by atoms with Gasteiger partial charge in [0.1, 0.15) is 0 Å². The Morgan fingerprint density at radius 3 is 2.38 bits per heavy atom. The molecule has 6 heteroatoms. The number of carbonyl (C=O) groups excluding carboxylic acids is 2. The van der Waals surface area contributed by atoms with Crippen LogP contribution in [0.15, 0.2) is 48.5 Å². The maximum atomic E-state index is 11.9. The maximum absolute atomic E-state index is 11.9. The second-order valence-electron chi connectivity index (χ2n) is 5.28. The highest BCUT2D eigenvalue weighted by atomic mass is 35.5. The van der Waals surface area contributed by atoms with Crippen molar-refractivity contribution >= 4 is 40.7 Å². The Morgan fingerprint density at radius 1 is 1.04 bits per heavy atom. The van der Waals surface area contributed by atoms with Gasteiger partial charge in [-0.1, -0.05) is 53.5 Å². The molecule has 2 aromatic carbocycles. The molecule has 0 saturated carbocycles. The number of hydrogen-bond acceptors (Lipinski definition) is 2. The summed E-state index contributed by atoms with van der Waals surface area (Å²) in [5, 5.41) is 3.63. The minimum Gasteiger partial charge on any atom is -0.354 e. The first-order chi connectivity index (χ1) is 11.5. The highest BCUT2D eigenvalue weighted by Crippen LogP contribution is 2.27. The van der Waals surface area contributed by atoms with Crippen LogP contribution < -0.4 is 10.2 Å². The third kappa shape index (κ3) is 5.25. The van der Waals surface area contributed by atoms with E-state index in [0.29, 0.717) is 35.2 Å². The number of anilines is 1. The molecule has 126 valence electrons. The van der Waals surface area contributed by atoms with Gasteiger partial charge in [0.25, 0.3) is 0 Å². The third-order valence-corrected chi connectivity index (χ3v) is 4.20. The monoisotopic (exact) mass is 364 g/mol. The van der Waals surface area contributed by atoms with Crippen molar-refractivity contribution in [2.24, 2.45) is 0 Å². The lowest BCUT2D eigenvalue weighted by Gasteiger charge is -2.22. The zero-order valence-corrected chi connectivity index (χ0v) is 14.8. The van der Waals surface area contributed by atoms with Gasteiger partial charge in [0.05, 0.1) is 16.5 Å². The Bertz CT molecular complexity index is 720. The van der Waals surface area contributed by atoms with Crippen molar-refractivity contribution in [1.82, 2.24) is 5.32 Å². The van der Waals surface area contributed by atoms with Gasteiger partial charge >= 0.3 is 0 Å². The van der Waals surface area contributed by atoms with Gasteiger partial charge in [0, 0.05) is 25.7 Å². The molecule has 0 heterocycles. The van der Waals surface area contributed by atoms with Crippen molar-refractivity contribution < 1.29 is 9.59 Å². The lowest BCUT2D eigenvalue weighted by Crippen LogP contribution is -2.38. The van der Waals surface area contributed by atoms with Crippen LogP contribution in [0.1, 0.15) is 12.5 Å². The van der Waals surface area contributed by atoms with Crippen LogP contribution in [0, 0.1) is 0 Å². The number of nitrogens with zero attached hydrogens (tertiary/aromatic N) is 1. The Balaban J connectivity index is 1.91. The van der Waals surface area contributed by atoms with Crippen LogP contribution in [-0.4, -0.2) is 24.9 Å². The summed E-state index contributed by atoms with van der Waals surface area (Å²) in [5.41, 5.74) is 1.59. The number of carbonyl (C=O) groups is 2. The number of nitrogens with one attached hydrogen (secondary N) is 1. The minimum absolute atomic E-state index is 0.0844. The van der Waals surface area contributed by atoms with Crippen LogP contribution in [0.4, 0.5) is 5.69 Å². The van der Waals surface area contributed by atoms with E-state index in [9.17, 15) is 9.59 Å². The Kier molecular flexibility index (Phi) is 6.64. The van der Waals surface area contributed by atoms with Gasteiger partial charge in [-0.05, 0) is 23.8 Å². The molecule has 0 aliphatic rings. The van der Waals surface area contributed by atoms with Gasteiger partial charge in [-0.2, -0.15) is 0 Å². The molecule has 0 unspecified atom stereocenters. The topological polar surface area (TPSA) is 49.4 Å². The summed E-state index contributed by atoms with van der Waals surface area (Å²) in [5.74, 6) is -0.218. The van der Waals surface area contributed by atoms with Crippen molar-refractivity contribution in [3.05, 3.63) is 64.1 Å². The predicted molar refractivity (Wildman–Crippen MR) is 97.6 cm³/mol. The number of rotatable bonds is 6. The van der Waals surface area contributed by atoms with Crippen molar-refractivity contribution in [2.75, 3.05) is 18.0 Å². The Labute approximate surface area is 151 Å². The number of amides is 2. The molecule has 0 aromatic heterocycles. The highest BCUT2D eigenvalue weighted by molar-refractivity contribution is 6.42. The third-order valence-electron chi connectivity index (χ3n) is 3.46. The summed E-state index contributed by atoms with van der Waals surface area (Å²) in [4.78, 5) is 25.3. The lowest BCUT2D eigenvalue weighted by atomic mass is 10.1. The Hall–Kier alpha value is -2.04. The fourth-order valence-electron chi connectivity index (χ4n) is 2.27. The average molecular weight is 365 g/mol. The molecule has 0 fully saturated rings. The van der Waals surface area contributed by atoms with Gasteiger partial charge in [-0.25, -0.2) is 0 Å². The van der Waals surface area contributed by atoms with Gasteiger partial charge < -0.3 is 10.2 Å². The van der Waals surface area contributed by atoms with Crippen LogP contribution in [0.3, 0.4) is 0 Å². The number of hydrogen-bond donors (Lipinski definition) is 1. The van der Waals surface area contributed by atoms with Crippen molar-refractivity contribution in [2.45, 2.75) is 13.3 Å². The molecule has 4 nitrogen and oxygen atoms in total. The predicted octanol–water partition coefficient (Wildman–Crippen LogP) is 3.71. The van der Waals surface area contributed by atoms with Gasteiger partial charge in [-0.3, -0.25) is 9.59 Å². The first-order valence-electron chi connectivity index (χ1n) is 7.51. The molecule has 1 N–H and O–H groups in total. The van der Waals surface area contributed by atoms with E-state index < -0.39 is 0 Å². The van der Waals surface area contributed by atoms with E-state index in [1.54, 1.807) is 23.1 Å². The molecule has 2 aromatic rings. The molecular weight excluding hydrogens is 347 g/mol. The molecule has 2 amide bonds. The van der Waals surface area contributed by atoms with Crippen LogP contribution >= 0.6 is 23.2 Å². The molecule has 0 radical (unpaired) electrons. The summed E-state index contributed by atoms with van der Waals surface area (Å²) >= 11 is 11.9. The molecular formula is C18H18Cl2N2O2. The molecule has 2 rings (SSSR count). The van der Waals surface area contributed by atoms with E-state index in [1.165, 1.54) is 6.92 Å². The summed E-state index contributed by atoms with van der Waals surface area (Å²) < 4.78 is 0. The summed E-state index contributed by atoms with van der Waals surface area (Å²) in [6.07, 6.45) is 0.313. The van der Waals surface area contributed by atoms with E-state index in [2.05, 4.69) is 5.32 Å². The zero-order chi connectivity index (χ0) is 17.5. The fourth-order valence-corrected chi connectivity index (χ4v) is 2.56. The standard InChI is InChI=1S/C18H18Cl2N2O2/c1-13(23)22(15-7-8-16(19)17(20)12-15)10-9-21-18(24)11-14-5-3-2-4-6-14/h2-8,12H,9-11H2,1H3,(H,21,24). The highest BCUT2D eigenvalue weighted by Gasteiger charge is 2.13. The molecule has 24 heavy (non-hydrogen) atoms. The Morgan fingerprint density at radius 2 is 1.75 bits per heavy atom. The van der Waals surface area contributed by atoms with E-state index in [4.69, 9.17) is 23.2 Å². The minimum atomic E-state index is -0.134. The molecule has 0 bridgehead atoms. The van der Waals surface area contributed by atoms with E-state index >= 15 is 0 Å². The van der Waals surface area contributed by atoms with Crippen LogP contribution in [0.2, 0.25) is 10.0 Å². The zero-order valence-electron chi connectivity index (χ0n) is 13.3. The van der Waals surface area contributed by atoms with Crippen molar-refractivity contribution in [3.63, 3.8) is 0 Å². The second kappa shape index (κ2) is 8.71. The first kappa shape index (κ1) is 18.3. The fraction of sp³-hybridized carbons (Fsp3) is 0.222. The molecule has 0 atom stereocenters. The molecule has 0 aliphatic carbocycles. The first-order valence-corrected chi connectivity index (χ1v) is 8.26. The summed E-state index contributed by atoms with van der Waals surface area (Å²) in [6.45, 7) is 2.17. The van der Waals surface area contributed by atoms with Gasteiger partial charge in [0.15, 0.2) is 0 Å². The van der Waals surface area contributed by atoms with Crippen LogP contribution in [0.25, 0.3) is 0 Å². The molecule has 0 spiro atoms.